The van der Waals surface area contributed by atoms with Crippen LogP contribution in [0.4, 0.5) is 5.69 Å². The van der Waals surface area contributed by atoms with Crippen molar-refractivity contribution >= 4 is 33.3 Å². The molecule has 1 amide bonds. The van der Waals surface area contributed by atoms with Gasteiger partial charge in [-0.15, -0.1) is 0 Å². The molecule has 118 valence electrons. The second kappa shape index (κ2) is 6.20. The zero-order valence-electron chi connectivity index (χ0n) is 12.8. The smallest absolute Gasteiger partial charge is 0.228 e. The average Bonchev–Trinajstić information content (AvgIpc) is 3.27. The molecule has 3 rings (SSSR count). The number of anilines is 1. The number of halogens is 1. The van der Waals surface area contributed by atoms with Gasteiger partial charge >= 0.3 is 0 Å². The summed E-state index contributed by atoms with van der Waals surface area (Å²) in [5, 5.41) is 2.86. The molecule has 1 aromatic heterocycles. The maximum Gasteiger partial charge on any atom is 0.228 e. The van der Waals surface area contributed by atoms with Crippen molar-refractivity contribution < 1.29 is 9.59 Å². The Labute approximate surface area is 142 Å². The largest absolute Gasteiger partial charge is 0.325 e. The number of benzene rings is 1. The highest BCUT2D eigenvalue weighted by atomic mass is 79.9. The van der Waals surface area contributed by atoms with Gasteiger partial charge < -0.3 is 5.32 Å². The second-order valence-electron chi connectivity index (χ2n) is 5.74. The summed E-state index contributed by atoms with van der Waals surface area (Å²) in [6.07, 6.45) is 2.45. The van der Waals surface area contributed by atoms with Crippen molar-refractivity contribution in [1.82, 2.24) is 9.97 Å². The number of nitrogens with zero attached hydrogens (tertiary/aromatic N) is 2. The zero-order chi connectivity index (χ0) is 16.6. The molecule has 6 heteroatoms. The highest BCUT2D eigenvalue weighted by molar-refractivity contribution is 9.10. The minimum Gasteiger partial charge on any atom is -0.325 e. The van der Waals surface area contributed by atoms with Gasteiger partial charge in [0.25, 0.3) is 0 Å². The highest BCUT2D eigenvalue weighted by Gasteiger charge is 2.46. The molecule has 2 unspecified atom stereocenters. The molecule has 0 aliphatic heterocycles. The Hall–Kier alpha value is -2.08. The Morgan fingerprint density at radius 1 is 1.30 bits per heavy atom. The molecule has 1 heterocycles. The van der Waals surface area contributed by atoms with Crippen LogP contribution in [0.25, 0.3) is 0 Å². The summed E-state index contributed by atoms with van der Waals surface area (Å²) < 4.78 is 0.812. The van der Waals surface area contributed by atoms with Crippen LogP contribution in [0.15, 0.2) is 34.9 Å². The lowest BCUT2D eigenvalue weighted by Crippen LogP contribution is -2.17. The summed E-state index contributed by atoms with van der Waals surface area (Å²) in [5.41, 5.74) is 1.94. The molecule has 0 spiro atoms. The number of hydrogen-bond acceptors (Lipinski definition) is 4. The van der Waals surface area contributed by atoms with E-state index in [1.165, 1.54) is 6.92 Å². The minimum absolute atomic E-state index is 0.0582. The molecular weight excluding hydrogens is 358 g/mol. The topological polar surface area (TPSA) is 72.0 Å². The van der Waals surface area contributed by atoms with E-state index in [1.54, 1.807) is 24.4 Å². The molecule has 1 N–H and O–H groups in total. The average molecular weight is 374 g/mol. The lowest BCUT2D eigenvalue weighted by molar-refractivity contribution is -0.117. The van der Waals surface area contributed by atoms with Crippen molar-refractivity contribution in [2.75, 3.05) is 5.32 Å². The molecule has 1 fully saturated rings. The van der Waals surface area contributed by atoms with E-state index in [1.807, 2.05) is 13.0 Å². The number of ketones is 1. The van der Waals surface area contributed by atoms with Gasteiger partial charge in [0, 0.05) is 33.8 Å². The van der Waals surface area contributed by atoms with E-state index >= 15 is 0 Å². The van der Waals surface area contributed by atoms with Gasteiger partial charge in [-0.1, -0.05) is 15.9 Å². The van der Waals surface area contributed by atoms with Gasteiger partial charge in [-0.05, 0) is 44.5 Å². The molecule has 2 atom stereocenters. The van der Waals surface area contributed by atoms with Crippen LogP contribution in [0.2, 0.25) is 0 Å². The summed E-state index contributed by atoms with van der Waals surface area (Å²) in [4.78, 5) is 32.7. The van der Waals surface area contributed by atoms with Crippen LogP contribution in [-0.2, 0) is 4.79 Å². The first-order chi connectivity index (χ1) is 11.0. The van der Waals surface area contributed by atoms with Crippen molar-refractivity contribution in [3.8, 4) is 0 Å². The predicted octanol–water partition coefficient (Wildman–Crippen LogP) is 3.49. The van der Waals surface area contributed by atoms with Gasteiger partial charge in [-0.25, -0.2) is 9.97 Å². The number of aryl methyl sites for hydroxylation is 1. The van der Waals surface area contributed by atoms with Crippen LogP contribution < -0.4 is 5.32 Å². The molecule has 2 aromatic rings. The number of aromatic nitrogens is 2. The molecule has 5 nitrogen and oxygen atoms in total. The van der Waals surface area contributed by atoms with Crippen molar-refractivity contribution in [2.24, 2.45) is 5.92 Å². The number of carbonyl (C=O) groups is 2. The standard InChI is InChI=1S/C17H16BrN3O2/c1-9-5-6-19-16(20-9)13-8-14(13)17(23)21-15-7-11(18)3-4-12(15)10(2)22/h3-7,13-14H,8H2,1-2H3,(H,21,23). The number of nitrogens with one attached hydrogen (secondary N) is 1. The van der Waals surface area contributed by atoms with Crippen LogP contribution in [-0.4, -0.2) is 21.7 Å². The molecular formula is C17H16BrN3O2. The lowest BCUT2D eigenvalue weighted by Gasteiger charge is -2.09. The van der Waals surface area contributed by atoms with E-state index in [9.17, 15) is 9.59 Å². The van der Waals surface area contributed by atoms with Crippen molar-refractivity contribution in [1.29, 1.82) is 0 Å². The summed E-state index contributed by atoms with van der Waals surface area (Å²) in [7, 11) is 0. The van der Waals surface area contributed by atoms with Crippen molar-refractivity contribution in [2.45, 2.75) is 26.2 Å². The highest BCUT2D eigenvalue weighted by Crippen LogP contribution is 2.46. The first-order valence-electron chi connectivity index (χ1n) is 7.36. The number of carbonyl (C=O) groups excluding carboxylic acids is 2. The van der Waals surface area contributed by atoms with Gasteiger partial charge in [0.05, 0.1) is 5.69 Å². The number of Topliss-reactive ketones (excluding diaryl/α,β-unsaturated/α-hetero) is 1. The molecule has 0 bridgehead atoms. The SMILES string of the molecule is CC(=O)c1ccc(Br)cc1NC(=O)C1CC1c1nccc(C)n1. The Bertz CT molecular complexity index is 791. The van der Waals surface area contributed by atoms with Gasteiger partial charge in [-0.2, -0.15) is 0 Å². The third kappa shape index (κ3) is 3.47. The fourth-order valence-corrected chi connectivity index (χ4v) is 2.93. The fraction of sp³-hybridized carbons (Fsp3) is 0.294. The summed E-state index contributed by atoms with van der Waals surface area (Å²) in [5.74, 6) is 0.451. The first-order valence-corrected chi connectivity index (χ1v) is 8.16. The van der Waals surface area contributed by atoms with Crippen LogP contribution in [0.3, 0.4) is 0 Å². The number of hydrogen-bond donors (Lipinski definition) is 1. The third-order valence-electron chi connectivity index (χ3n) is 3.89. The second-order valence-corrected chi connectivity index (χ2v) is 6.66. The zero-order valence-corrected chi connectivity index (χ0v) is 14.4. The van der Waals surface area contributed by atoms with Gasteiger partial charge in [0.15, 0.2) is 5.78 Å². The molecule has 0 saturated heterocycles. The van der Waals surface area contributed by atoms with E-state index in [2.05, 4.69) is 31.2 Å². The van der Waals surface area contributed by atoms with Crippen LogP contribution >= 0.6 is 15.9 Å². The van der Waals surface area contributed by atoms with Crippen LogP contribution in [0.5, 0.6) is 0 Å². The maximum absolute atomic E-state index is 12.4. The van der Waals surface area contributed by atoms with Gasteiger partial charge in [-0.3, -0.25) is 9.59 Å². The monoisotopic (exact) mass is 373 g/mol. The molecule has 1 aromatic carbocycles. The molecule has 1 aliphatic rings. The molecule has 0 radical (unpaired) electrons. The molecule has 23 heavy (non-hydrogen) atoms. The number of amides is 1. The quantitative estimate of drug-likeness (QED) is 0.832. The van der Waals surface area contributed by atoms with Crippen molar-refractivity contribution in [3.63, 3.8) is 0 Å². The van der Waals surface area contributed by atoms with E-state index < -0.39 is 0 Å². The van der Waals surface area contributed by atoms with E-state index in [4.69, 9.17) is 0 Å². The summed E-state index contributed by atoms with van der Waals surface area (Å²) in [6, 6.07) is 7.07. The summed E-state index contributed by atoms with van der Waals surface area (Å²) in [6.45, 7) is 3.39. The van der Waals surface area contributed by atoms with E-state index in [-0.39, 0.29) is 23.5 Å². The summed E-state index contributed by atoms with van der Waals surface area (Å²) >= 11 is 3.36. The van der Waals surface area contributed by atoms with Crippen LogP contribution in [0, 0.1) is 12.8 Å². The number of rotatable bonds is 4. The van der Waals surface area contributed by atoms with Gasteiger partial charge in [0.1, 0.15) is 5.82 Å². The Morgan fingerprint density at radius 2 is 2.09 bits per heavy atom. The fourth-order valence-electron chi connectivity index (χ4n) is 2.57. The minimum atomic E-state index is -0.143. The predicted molar refractivity (Wildman–Crippen MR) is 90.4 cm³/mol. The Morgan fingerprint density at radius 3 is 2.78 bits per heavy atom. The Balaban J connectivity index is 1.74. The first kappa shape index (κ1) is 15.8. The maximum atomic E-state index is 12.4. The van der Waals surface area contributed by atoms with E-state index in [0.29, 0.717) is 17.1 Å². The normalized spacial score (nSPS) is 19.3. The van der Waals surface area contributed by atoms with Crippen LogP contribution in [0.1, 0.15) is 41.1 Å². The van der Waals surface area contributed by atoms with Gasteiger partial charge in [0.2, 0.25) is 5.91 Å². The Kier molecular flexibility index (Phi) is 4.26. The lowest BCUT2D eigenvalue weighted by atomic mass is 10.1. The molecule has 1 aliphatic carbocycles. The van der Waals surface area contributed by atoms with Crippen molar-refractivity contribution in [3.05, 3.63) is 52.0 Å². The van der Waals surface area contributed by atoms with E-state index in [0.717, 1.165) is 16.6 Å². The molecule has 1 saturated carbocycles. The third-order valence-corrected chi connectivity index (χ3v) is 4.38.